The Morgan fingerprint density at radius 3 is 2.63 bits per heavy atom. The highest BCUT2D eigenvalue weighted by molar-refractivity contribution is 7.09. The molecule has 30 heavy (non-hydrogen) atoms. The average Bonchev–Trinajstić information content (AvgIpc) is 3.07. The number of nitrogens with zero attached hydrogens (tertiary/aromatic N) is 2. The van der Waals surface area contributed by atoms with Crippen LogP contribution in [0.2, 0.25) is 5.02 Å². The molecule has 1 heterocycles. The van der Waals surface area contributed by atoms with Crippen LogP contribution in [0.25, 0.3) is 0 Å². The smallest absolute Gasteiger partial charge is 0.378 e. The van der Waals surface area contributed by atoms with Crippen LogP contribution in [0, 0.1) is 0 Å². The van der Waals surface area contributed by atoms with Crippen LogP contribution in [0.4, 0.5) is 24.5 Å². The summed E-state index contributed by atoms with van der Waals surface area (Å²) < 4.78 is 40.3. The van der Waals surface area contributed by atoms with Crippen LogP contribution in [0.5, 0.6) is 0 Å². The number of hydrogen-bond donors (Lipinski definition) is 1. The minimum atomic E-state index is -4.58. The maximum Gasteiger partial charge on any atom is 0.418 e. The molecule has 0 aliphatic carbocycles. The number of carbonyl (C=O) groups is 1. The number of amides is 1. The van der Waals surface area contributed by atoms with E-state index in [1.54, 1.807) is 30.4 Å². The minimum absolute atomic E-state index is 0.112. The zero-order chi connectivity index (χ0) is 21.9. The summed E-state index contributed by atoms with van der Waals surface area (Å²) in [6.45, 7) is 0. The van der Waals surface area contributed by atoms with Gasteiger partial charge < -0.3 is 10.2 Å². The van der Waals surface area contributed by atoms with Crippen LogP contribution >= 0.6 is 22.9 Å². The second kappa shape index (κ2) is 9.06. The molecule has 0 saturated carbocycles. The lowest BCUT2D eigenvalue weighted by Crippen LogP contribution is -2.19. The molecule has 0 aliphatic heterocycles. The number of aromatic nitrogens is 1. The zero-order valence-corrected chi connectivity index (χ0v) is 17.8. The summed E-state index contributed by atoms with van der Waals surface area (Å²) in [5.74, 6) is -0.558. The molecular weight excluding hydrogens is 435 g/mol. The van der Waals surface area contributed by atoms with Crippen LogP contribution in [-0.4, -0.2) is 25.0 Å². The molecule has 3 rings (SSSR count). The molecule has 0 unspecified atom stereocenters. The predicted octanol–water partition coefficient (Wildman–Crippen LogP) is 5.65. The van der Waals surface area contributed by atoms with E-state index in [0.29, 0.717) is 22.8 Å². The largest absolute Gasteiger partial charge is 0.418 e. The predicted molar refractivity (Wildman–Crippen MR) is 114 cm³/mol. The number of hydrogen-bond acceptors (Lipinski definition) is 4. The Hall–Kier alpha value is -2.58. The van der Waals surface area contributed by atoms with Crippen LogP contribution in [0.3, 0.4) is 0 Å². The fourth-order valence-electron chi connectivity index (χ4n) is 2.85. The Morgan fingerprint density at radius 2 is 1.97 bits per heavy atom. The lowest BCUT2D eigenvalue weighted by Gasteiger charge is -2.18. The molecule has 4 nitrogen and oxygen atoms in total. The second-order valence-corrected chi connectivity index (χ2v) is 8.27. The number of halogens is 4. The molecule has 1 amide bonds. The molecule has 0 spiro atoms. The maximum atomic E-state index is 13.4. The van der Waals surface area contributed by atoms with E-state index >= 15 is 0 Å². The average molecular weight is 454 g/mol. The number of anilines is 2. The van der Waals surface area contributed by atoms with Gasteiger partial charge in [0.15, 0.2) is 0 Å². The van der Waals surface area contributed by atoms with Gasteiger partial charge >= 0.3 is 6.18 Å². The van der Waals surface area contributed by atoms with Crippen molar-refractivity contribution in [1.29, 1.82) is 0 Å². The van der Waals surface area contributed by atoms with Gasteiger partial charge in [-0.25, -0.2) is 4.98 Å². The minimum Gasteiger partial charge on any atom is -0.378 e. The first-order chi connectivity index (χ1) is 14.1. The van der Waals surface area contributed by atoms with Crippen molar-refractivity contribution in [3.63, 3.8) is 0 Å². The lowest BCUT2D eigenvalue weighted by molar-refractivity contribution is -0.136. The highest BCUT2D eigenvalue weighted by Gasteiger charge is 2.34. The Bertz CT molecular complexity index is 1050. The molecule has 2 aromatic carbocycles. The summed E-state index contributed by atoms with van der Waals surface area (Å²) in [4.78, 5) is 18.3. The fraction of sp³-hybridized carbons (Fsp3) is 0.238. The Labute approximate surface area is 181 Å². The number of alkyl halides is 3. The molecule has 0 fully saturated rings. The van der Waals surface area contributed by atoms with E-state index in [2.05, 4.69) is 10.3 Å². The first-order valence-corrected chi connectivity index (χ1v) is 10.2. The number of benzene rings is 2. The summed E-state index contributed by atoms with van der Waals surface area (Å²) in [5.41, 5.74) is 0.733. The maximum absolute atomic E-state index is 13.4. The van der Waals surface area contributed by atoms with Crippen molar-refractivity contribution in [2.75, 3.05) is 24.3 Å². The molecule has 0 aliphatic rings. The van der Waals surface area contributed by atoms with Crippen LogP contribution in [0.15, 0.2) is 47.8 Å². The topological polar surface area (TPSA) is 45.2 Å². The lowest BCUT2D eigenvalue weighted by atomic mass is 10.1. The van der Waals surface area contributed by atoms with Gasteiger partial charge in [-0.05, 0) is 35.9 Å². The SMILES string of the molecule is CN(C)c1ccc(NC(=O)Cc2csc(Cc3cccc(Cl)c3)n2)c(C(F)(F)F)c1. The normalized spacial score (nSPS) is 11.4. The molecule has 9 heteroatoms. The summed E-state index contributed by atoms with van der Waals surface area (Å²) in [6, 6.07) is 11.2. The van der Waals surface area contributed by atoms with Crippen LogP contribution in [0.1, 0.15) is 21.8 Å². The van der Waals surface area contributed by atoms with E-state index in [4.69, 9.17) is 11.6 Å². The third-order valence-electron chi connectivity index (χ3n) is 4.28. The van der Waals surface area contributed by atoms with E-state index in [-0.39, 0.29) is 12.1 Å². The quantitative estimate of drug-likeness (QED) is 0.524. The van der Waals surface area contributed by atoms with Gasteiger partial charge in [0.1, 0.15) is 0 Å². The van der Waals surface area contributed by atoms with Gasteiger partial charge in [0.05, 0.1) is 28.4 Å². The number of carbonyl (C=O) groups excluding carboxylic acids is 1. The number of rotatable bonds is 6. The van der Waals surface area contributed by atoms with Gasteiger partial charge in [0.25, 0.3) is 0 Å². The van der Waals surface area contributed by atoms with E-state index in [1.807, 2.05) is 18.2 Å². The zero-order valence-electron chi connectivity index (χ0n) is 16.3. The fourth-order valence-corrected chi connectivity index (χ4v) is 3.89. The van der Waals surface area contributed by atoms with Crippen molar-refractivity contribution in [2.24, 2.45) is 0 Å². The number of thiazole rings is 1. The van der Waals surface area contributed by atoms with Gasteiger partial charge in [-0.2, -0.15) is 13.2 Å². The van der Waals surface area contributed by atoms with Crippen LogP contribution in [-0.2, 0) is 23.8 Å². The molecule has 0 saturated heterocycles. The first-order valence-electron chi connectivity index (χ1n) is 8.98. The first kappa shape index (κ1) is 22.1. The highest BCUT2D eigenvalue weighted by atomic mass is 35.5. The molecule has 158 valence electrons. The van der Waals surface area contributed by atoms with Crippen molar-refractivity contribution in [3.8, 4) is 0 Å². The van der Waals surface area contributed by atoms with Gasteiger partial charge in [0.2, 0.25) is 5.91 Å². The van der Waals surface area contributed by atoms with Crippen molar-refractivity contribution < 1.29 is 18.0 Å². The van der Waals surface area contributed by atoms with E-state index < -0.39 is 17.6 Å². The Kier molecular flexibility index (Phi) is 6.67. The summed E-state index contributed by atoms with van der Waals surface area (Å²) >= 11 is 7.37. The van der Waals surface area contributed by atoms with Gasteiger partial charge in [-0.15, -0.1) is 11.3 Å². The van der Waals surface area contributed by atoms with Crippen molar-refractivity contribution >= 4 is 40.2 Å². The van der Waals surface area contributed by atoms with Gasteiger partial charge in [-0.1, -0.05) is 23.7 Å². The monoisotopic (exact) mass is 453 g/mol. The van der Waals surface area contributed by atoms with E-state index in [0.717, 1.165) is 16.6 Å². The summed E-state index contributed by atoms with van der Waals surface area (Å²) in [5, 5.41) is 5.53. The second-order valence-electron chi connectivity index (χ2n) is 6.89. The Balaban J connectivity index is 1.70. The molecule has 0 bridgehead atoms. The summed E-state index contributed by atoms with van der Waals surface area (Å²) in [7, 11) is 3.30. The molecule has 0 atom stereocenters. The molecule has 1 N–H and O–H groups in total. The molecule has 3 aromatic rings. The molecule has 1 aromatic heterocycles. The Morgan fingerprint density at radius 1 is 1.20 bits per heavy atom. The molecule has 0 radical (unpaired) electrons. The third-order valence-corrected chi connectivity index (χ3v) is 5.42. The van der Waals surface area contributed by atoms with E-state index in [9.17, 15) is 18.0 Å². The van der Waals surface area contributed by atoms with Gasteiger partial charge in [-0.3, -0.25) is 4.79 Å². The van der Waals surface area contributed by atoms with Crippen molar-refractivity contribution in [1.82, 2.24) is 4.98 Å². The summed E-state index contributed by atoms with van der Waals surface area (Å²) in [6.07, 6.45) is -4.13. The van der Waals surface area contributed by atoms with E-state index in [1.165, 1.54) is 23.5 Å². The van der Waals surface area contributed by atoms with Crippen LogP contribution < -0.4 is 10.2 Å². The van der Waals surface area contributed by atoms with Crippen molar-refractivity contribution in [3.05, 3.63) is 74.7 Å². The van der Waals surface area contributed by atoms with Crippen molar-refractivity contribution in [2.45, 2.75) is 19.0 Å². The third kappa shape index (κ3) is 5.73. The highest BCUT2D eigenvalue weighted by Crippen LogP contribution is 2.37. The number of nitrogens with one attached hydrogen (secondary N) is 1. The molecular formula is C21H19ClF3N3OS. The standard InChI is InChI=1S/C21H19ClF3N3OS/c1-28(2)16-6-7-18(17(11-16)21(23,24)25)27-19(29)10-15-12-30-20(26-15)9-13-4-3-5-14(22)8-13/h3-8,11-12H,9-10H2,1-2H3,(H,27,29). The van der Waals surface area contributed by atoms with Gasteiger partial charge in [0, 0.05) is 36.6 Å².